The topological polar surface area (TPSA) is 27.3 Å². The summed E-state index contributed by atoms with van der Waals surface area (Å²) in [6.45, 7) is 6.51. The van der Waals surface area contributed by atoms with E-state index in [2.05, 4.69) is 40.7 Å². The molecule has 0 unspecified atom stereocenters. The second kappa shape index (κ2) is 4.53. The smallest absolute Gasteiger partial charge is 0.0388 e. The van der Waals surface area contributed by atoms with Crippen LogP contribution < -0.4 is 15.5 Å². The highest BCUT2D eigenvalue weighted by Crippen LogP contribution is 2.23. The monoisotopic (exact) mass is 205 g/mol. The van der Waals surface area contributed by atoms with E-state index in [1.165, 1.54) is 16.9 Å². The third kappa shape index (κ3) is 2.23. The van der Waals surface area contributed by atoms with Crippen molar-refractivity contribution in [3.63, 3.8) is 0 Å². The van der Waals surface area contributed by atoms with Gasteiger partial charge >= 0.3 is 0 Å². The Morgan fingerprint density at radius 1 is 1.27 bits per heavy atom. The first kappa shape index (κ1) is 10.3. The van der Waals surface area contributed by atoms with E-state index in [0.29, 0.717) is 0 Å². The first-order valence-electron chi connectivity index (χ1n) is 5.55. The molecule has 0 saturated carbocycles. The number of rotatable bonds is 2. The van der Waals surface area contributed by atoms with Crippen molar-refractivity contribution in [1.82, 2.24) is 5.32 Å². The van der Waals surface area contributed by atoms with Crippen molar-refractivity contribution in [2.45, 2.75) is 6.92 Å². The standard InChI is InChI=1S/C12H19N3/c1-10-3-4-11(9-12(10)13-2)15-7-5-14-6-8-15/h3-4,9,13-14H,5-8H2,1-2H3. The zero-order valence-corrected chi connectivity index (χ0v) is 9.51. The SMILES string of the molecule is CNc1cc(N2CCNCC2)ccc1C. The molecule has 1 aliphatic heterocycles. The van der Waals surface area contributed by atoms with Crippen molar-refractivity contribution in [3.05, 3.63) is 23.8 Å². The van der Waals surface area contributed by atoms with Gasteiger partial charge in [0, 0.05) is 44.6 Å². The van der Waals surface area contributed by atoms with Crippen LogP contribution in [0.1, 0.15) is 5.56 Å². The molecule has 82 valence electrons. The van der Waals surface area contributed by atoms with Gasteiger partial charge < -0.3 is 15.5 Å². The molecule has 0 bridgehead atoms. The van der Waals surface area contributed by atoms with Gasteiger partial charge in [-0.3, -0.25) is 0 Å². The van der Waals surface area contributed by atoms with E-state index in [1.807, 2.05) is 7.05 Å². The fraction of sp³-hybridized carbons (Fsp3) is 0.500. The molecule has 1 saturated heterocycles. The third-order valence-electron chi connectivity index (χ3n) is 2.97. The molecule has 2 N–H and O–H groups in total. The third-order valence-corrected chi connectivity index (χ3v) is 2.97. The lowest BCUT2D eigenvalue weighted by molar-refractivity contribution is 0.589. The molecule has 1 heterocycles. The molecule has 1 aromatic rings. The quantitative estimate of drug-likeness (QED) is 0.765. The number of hydrogen-bond acceptors (Lipinski definition) is 3. The Hall–Kier alpha value is -1.22. The maximum absolute atomic E-state index is 3.37. The van der Waals surface area contributed by atoms with Crippen molar-refractivity contribution in [2.75, 3.05) is 43.4 Å². The molecule has 1 fully saturated rings. The minimum absolute atomic E-state index is 1.09. The second-order valence-corrected chi connectivity index (χ2v) is 3.99. The van der Waals surface area contributed by atoms with Gasteiger partial charge in [0.15, 0.2) is 0 Å². The highest BCUT2D eigenvalue weighted by Gasteiger charge is 2.10. The molecule has 2 rings (SSSR count). The molecule has 15 heavy (non-hydrogen) atoms. The summed E-state index contributed by atoms with van der Waals surface area (Å²) in [6, 6.07) is 6.63. The summed E-state index contributed by atoms with van der Waals surface area (Å²) < 4.78 is 0. The normalized spacial score (nSPS) is 16.5. The zero-order chi connectivity index (χ0) is 10.7. The van der Waals surface area contributed by atoms with Crippen LogP contribution in [-0.4, -0.2) is 33.2 Å². The van der Waals surface area contributed by atoms with Crippen molar-refractivity contribution < 1.29 is 0 Å². The lowest BCUT2D eigenvalue weighted by Crippen LogP contribution is -2.43. The van der Waals surface area contributed by atoms with Crippen LogP contribution >= 0.6 is 0 Å². The van der Waals surface area contributed by atoms with Crippen LogP contribution in [0.25, 0.3) is 0 Å². The van der Waals surface area contributed by atoms with E-state index in [9.17, 15) is 0 Å². The maximum Gasteiger partial charge on any atom is 0.0388 e. The molecule has 1 aromatic carbocycles. The fourth-order valence-electron chi connectivity index (χ4n) is 2.00. The Morgan fingerprint density at radius 2 is 2.00 bits per heavy atom. The Morgan fingerprint density at radius 3 is 2.67 bits per heavy atom. The van der Waals surface area contributed by atoms with Gasteiger partial charge in [-0.15, -0.1) is 0 Å². The van der Waals surface area contributed by atoms with Gasteiger partial charge in [0.2, 0.25) is 0 Å². The van der Waals surface area contributed by atoms with Gasteiger partial charge in [0.1, 0.15) is 0 Å². The van der Waals surface area contributed by atoms with Gasteiger partial charge in [-0.1, -0.05) is 6.07 Å². The van der Waals surface area contributed by atoms with Crippen LogP contribution in [0.3, 0.4) is 0 Å². The largest absolute Gasteiger partial charge is 0.388 e. The minimum atomic E-state index is 1.09. The van der Waals surface area contributed by atoms with E-state index in [1.54, 1.807) is 0 Å². The molecule has 0 atom stereocenters. The lowest BCUT2D eigenvalue weighted by atomic mass is 10.1. The van der Waals surface area contributed by atoms with Gasteiger partial charge in [-0.2, -0.15) is 0 Å². The van der Waals surface area contributed by atoms with Crippen LogP contribution in [0, 0.1) is 6.92 Å². The van der Waals surface area contributed by atoms with Crippen LogP contribution in [0.5, 0.6) is 0 Å². The number of aryl methyl sites for hydroxylation is 1. The Balaban J connectivity index is 2.20. The number of nitrogens with one attached hydrogen (secondary N) is 2. The molecule has 0 amide bonds. The first-order valence-corrected chi connectivity index (χ1v) is 5.55. The van der Waals surface area contributed by atoms with Crippen molar-refractivity contribution >= 4 is 11.4 Å². The number of hydrogen-bond donors (Lipinski definition) is 2. The maximum atomic E-state index is 3.37. The second-order valence-electron chi connectivity index (χ2n) is 3.99. The summed E-state index contributed by atoms with van der Waals surface area (Å²) in [6.07, 6.45) is 0. The molecular weight excluding hydrogens is 186 g/mol. The van der Waals surface area contributed by atoms with Gasteiger partial charge in [0.05, 0.1) is 0 Å². The molecule has 0 aromatic heterocycles. The highest BCUT2D eigenvalue weighted by molar-refractivity contribution is 5.62. The average molecular weight is 205 g/mol. The number of nitrogens with zero attached hydrogens (tertiary/aromatic N) is 1. The van der Waals surface area contributed by atoms with Crippen LogP contribution in [0.4, 0.5) is 11.4 Å². The predicted octanol–water partition coefficient (Wildman–Crippen LogP) is 1.45. The zero-order valence-electron chi connectivity index (χ0n) is 9.51. The molecule has 3 nitrogen and oxygen atoms in total. The number of anilines is 2. The minimum Gasteiger partial charge on any atom is -0.388 e. The van der Waals surface area contributed by atoms with Crippen LogP contribution in [0.15, 0.2) is 18.2 Å². The summed E-state index contributed by atoms with van der Waals surface area (Å²) in [4.78, 5) is 2.43. The van der Waals surface area contributed by atoms with E-state index in [0.717, 1.165) is 26.2 Å². The number of piperazine rings is 1. The van der Waals surface area contributed by atoms with E-state index in [-0.39, 0.29) is 0 Å². The molecular formula is C12H19N3. The van der Waals surface area contributed by atoms with Crippen LogP contribution in [-0.2, 0) is 0 Å². The summed E-state index contributed by atoms with van der Waals surface area (Å²) in [5.74, 6) is 0. The molecule has 1 aliphatic rings. The molecule has 3 heteroatoms. The first-order chi connectivity index (χ1) is 7.31. The summed E-state index contributed by atoms with van der Waals surface area (Å²) >= 11 is 0. The van der Waals surface area contributed by atoms with Gasteiger partial charge in [0.25, 0.3) is 0 Å². The Labute approximate surface area is 91.5 Å². The van der Waals surface area contributed by atoms with E-state index >= 15 is 0 Å². The van der Waals surface area contributed by atoms with Gasteiger partial charge in [-0.25, -0.2) is 0 Å². The van der Waals surface area contributed by atoms with Crippen molar-refractivity contribution in [1.29, 1.82) is 0 Å². The van der Waals surface area contributed by atoms with Gasteiger partial charge in [-0.05, 0) is 24.6 Å². The number of benzene rings is 1. The van der Waals surface area contributed by atoms with E-state index in [4.69, 9.17) is 0 Å². The average Bonchev–Trinajstić information content (AvgIpc) is 2.31. The highest BCUT2D eigenvalue weighted by atomic mass is 15.2. The van der Waals surface area contributed by atoms with Crippen molar-refractivity contribution in [2.24, 2.45) is 0 Å². The predicted molar refractivity (Wildman–Crippen MR) is 65.8 cm³/mol. The molecule has 0 radical (unpaired) electrons. The summed E-state index contributed by atoms with van der Waals surface area (Å²) in [5.41, 5.74) is 3.86. The lowest BCUT2D eigenvalue weighted by Gasteiger charge is -2.30. The Kier molecular flexibility index (Phi) is 3.11. The fourth-order valence-corrected chi connectivity index (χ4v) is 2.00. The molecule has 0 spiro atoms. The summed E-state index contributed by atoms with van der Waals surface area (Å²) in [5, 5.41) is 6.60. The van der Waals surface area contributed by atoms with Crippen LogP contribution in [0.2, 0.25) is 0 Å². The van der Waals surface area contributed by atoms with E-state index < -0.39 is 0 Å². The summed E-state index contributed by atoms with van der Waals surface area (Å²) in [7, 11) is 1.98. The van der Waals surface area contributed by atoms with Crippen molar-refractivity contribution in [3.8, 4) is 0 Å². The Bertz CT molecular complexity index is 330. The molecule has 0 aliphatic carbocycles.